The Labute approximate surface area is 156 Å². The number of nitrogens with zero attached hydrogens (tertiary/aromatic N) is 2. The van der Waals surface area contributed by atoms with E-state index in [0.717, 1.165) is 24.1 Å². The summed E-state index contributed by atoms with van der Waals surface area (Å²) in [5, 5.41) is 7.07. The number of hydrogen-bond donors (Lipinski definition) is 1. The number of benzene rings is 2. The first kappa shape index (κ1) is 17.3. The van der Waals surface area contributed by atoms with Gasteiger partial charge in [0.05, 0.1) is 18.9 Å². The molecule has 0 atom stereocenters. The minimum absolute atomic E-state index is 0.0840. The summed E-state index contributed by atoms with van der Waals surface area (Å²) in [5.41, 5.74) is 4.42. The molecule has 1 aliphatic rings. The van der Waals surface area contributed by atoms with E-state index < -0.39 is 0 Å². The summed E-state index contributed by atoms with van der Waals surface area (Å²) in [4.78, 5) is 12.1. The Kier molecular flexibility index (Phi) is 4.87. The molecule has 138 valence electrons. The van der Waals surface area contributed by atoms with Crippen LogP contribution in [0.2, 0.25) is 0 Å². The number of hydrogen-bond acceptors (Lipinski definition) is 3. The van der Waals surface area contributed by atoms with Crippen molar-refractivity contribution < 1.29 is 13.9 Å². The SMILES string of the molecule is O=C(COc1cnn(Cc2ccc(F)cc2)c1)Nc1ccc2c(c1)CCC2. The monoisotopic (exact) mass is 365 g/mol. The lowest BCUT2D eigenvalue weighted by molar-refractivity contribution is -0.118. The topological polar surface area (TPSA) is 56.1 Å². The second-order valence-corrected chi connectivity index (χ2v) is 6.67. The Morgan fingerprint density at radius 2 is 1.96 bits per heavy atom. The summed E-state index contributed by atoms with van der Waals surface area (Å²) in [5.74, 6) is 0.0399. The zero-order valence-corrected chi connectivity index (χ0v) is 14.8. The van der Waals surface area contributed by atoms with Gasteiger partial charge in [0.15, 0.2) is 12.4 Å². The highest BCUT2D eigenvalue weighted by Gasteiger charge is 2.12. The molecule has 0 aliphatic heterocycles. The first-order valence-electron chi connectivity index (χ1n) is 8.97. The van der Waals surface area contributed by atoms with Crippen molar-refractivity contribution in [3.63, 3.8) is 0 Å². The van der Waals surface area contributed by atoms with Crippen molar-refractivity contribution in [3.05, 3.63) is 77.4 Å². The van der Waals surface area contributed by atoms with Crippen LogP contribution in [0.5, 0.6) is 5.75 Å². The fraction of sp³-hybridized carbons (Fsp3) is 0.238. The summed E-state index contributed by atoms with van der Waals surface area (Å²) in [6, 6.07) is 12.3. The Morgan fingerprint density at radius 1 is 1.15 bits per heavy atom. The number of carbonyl (C=O) groups excluding carboxylic acids is 1. The van der Waals surface area contributed by atoms with Crippen LogP contribution in [0.1, 0.15) is 23.1 Å². The first-order chi connectivity index (χ1) is 13.2. The summed E-state index contributed by atoms with van der Waals surface area (Å²) in [6.45, 7) is 0.421. The molecule has 27 heavy (non-hydrogen) atoms. The molecule has 3 aromatic rings. The average molecular weight is 365 g/mol. The molecule has 0 radical (unpaired) electrons. The summed E-state index contributed by atoms with van der Waals surface area (Å²) >= 11 is 0. The minimum atomic E-state index is -0.266. The molecule has 0 saturated carbocycles. The van der Waals surface area contributed by atoms with Gasteiger partial charge in [-0.3, -0.25) is 9.48 Å². The van der Waals surface area contributed by atoms with Crippen LogP contribution in [0.4, 0.5) is 10.1 Å². The van der Waals surface area contributed by atoms with Crippen molar-refractivity contribution in [1.82, 2.24) is 9.78 Å². The van der Waals surface area contributed by atoms with Crippen LogP contribution in [-0.2, 0) is 24.2 Å². The molecule has 1 aromatic heterocycles. The van der Waals surface area contributed by atoms with Gasteiger partial charge in [0.25, 0.3) is 5.91 Å². The van der Waals surface area contributed by atoms with Gasteiger partial charge in [-0.1, -0.05) is 18.2 Å². The number of nitrogens with one attached hydrogen (secondary N) is 1. The van der Waals surface area contributed by atoms with E-state index in [9.17, 15) is 9.18 Å². The number of aryl methyl sites for hydroxylation is 2. The highest BCUT2D eigenvalue weighted by molar-refractivity contribution is 5.92. The fourth-order valence-electron chi connectivity index (χ4n) is 3.28. The maximum absolute atomic E-state index is 12.9. The molecule has 0 fully saturated rings. The predicted molar refractivity (Wildman–Crippen MR) is 100 cm³/mol. The molecule has 0 unspecified atom stereocenters. The molecule has 1 amide bonds. The van der Waals surface area contributed by atoms with Crippen molar-refractivity contribution >= 4 is 11.6 Å². The zero-order chi connectivity index (χ0) is 18.6. The second-order valence-electron chi connectivity index (χ2n) is 6.67. The van der Waals surface area contributed by atoms with Gasteiger partial charge >= 0.3 is 0 Å². The Morgan fingerprint density at radius 3 is 2.81 bits per heavy atom. The largest absolute Gasteiger partial charge is 0.480 e. The number of aromatic nitrogens is 2. The molecule has 6 heteroatoms. The number of carbonyl (C=O) groups is 1. The van der Waals surface area contributed by atoms with E-state index >= 15 is 0 Å². The lowest BCUT2D eigenvalue weighted by atomic mass is 10.1. The summed E-state index contributed by atoms with van der Waals surface area (Å²) in [6.07, 6.45) is 6.65. The maximum atomic E-state index is 12.9. The van der Waals surface area contributed by atoms with Gasteiger partial charge in [-0.25, -0.2) is 4.39 Å². The van der Waals surface area contributed by atoms with Crippen molar-refractivity contribution in [2.24, 2.45) is 0 Å². The molecule has 0 spiro atoms. The van der Waals surface area contributed by atoms with Crippen molar-refractivity contribution in [1.29, 1.82) is 0 Å². The Hall–Kier alpha value is -3.15. The van der Waals surface area contributed by atoms with Crippen LogP contribution in [0.3, 0.4) is 0 Å². The first-order valence-corrected chi connectivity index (χ1v) is 8.97. The maximum Gasteiger partial charge on any atom is 0.262 e. The molecular formula is C21H20FN3O2. The quantitative estimate of drug-likeness (QED) is 0.726. The molecule has 5 nitrogen and oxygen atoms in total. The Balaban J connectivity index is 1.29. The van der Waals surface area contributed by atoms with Crippen molar-refractivity contribution in [2.45, 2.75) is 25.8 Å². The lowest BCUT2D eigenvalue weighted by Crippen LogP contribution is -2.20. The third-order valence-corrected chi connectivity index (χ3v) is 4.62. The van der Waals surface area contributed by atoms with Gasteiger partial charge in [0.2, 0.25) is 0 Å². The van der Waals surface area contributed by atoms with Crippen LogP contribution in [0.15, 0.2) is 54.9 Å². The third kappa shape index (κ3) is 4.34. The smallest absolute Gasteiger partial charge is 0.262 e. The van der Waals surface area contributed by atoms with E-state index in [1.165, 1.54) is 29.7 Å². The van der Waals surface area contributed by atoms with Crippen LogP contribution in [-0.4, -0.2) is 22.3 Å². The minimum Gasteiger partial charge on any atom is -0.480 e. The molecular weight excluding hydrogens is 345 g/mol. The van der Waals surface area contributed by atoms with Crippen LogP contribution >= 0.6 is 0 Å². The molecule has 0 bridgehead atoms. The number of fused-ring (bicyclic) bond motifs is 1. The molecule has 2 aromatic carbocycles. The van der Waals surface area contributed by atoms with E-state index in [2.05, 4.69) is 16.5 Å². The van der Waals surface area contributed by atoms with E-state index in [1.807, 2.05) is 12.1 Å². The van der Waals surface area contributed by atoms with E-state index in [1.54, 1.807) is 29.2 Å². The zero-order valence-electron chi connectivity index (χ0n) is 14.8. The lowest BCUT2D eigenvalue weighted by Gasteiger charge is -2.08. The van der Waals surface area contributed by atoms with Crippen molar-refractivity contribution in [2.75, 3.05) is 11.9 Å². The van der Waals surface area contributed by atoms with Crippen molar-refractivity contribution in [3.8, 4) is 5.75 Å². The van der Waals surface area contributed by atoms with Gasteiger partial charge in [0, 0.05) is 5.69 Å². The number of halogens is 1. The van der Waals surface area contributed by atoms with E-state index in [-0.39, 0.29) is 18.3 Å². The molecule has 1 heterocycles. The highest BCUT2D eigenvalue weighted by atomic mass is 19.1. The fourth-order valence-corrected chi connectivity index (χ4v) is 3.28. The van der Waals surface area contributed by atoms with Crippen LogP contribution in [0, 0.1) is 5.82 Å². The highest BCUT2D eigenvalue weighted by Crippen LogP contribution is 2.24. The van der Waals surface area contributed by atoms with E-state index in [0.29, 0.717) is 12.3 Å². The molecule has 1 aliphatic carbocycles. The van der Waals surface area contributed by atoms with E-state index in [4.69, 9.17) is 4.74 Å². The number of anilines is 1. The average Bonchev–Trinajstić information content (AvgIpc) is 3.31. The Bertz CT molecular complexity index is 950. The van der Waals surface area contributed by atoms with Crippen LogP contribution in [0.25, 0.3) is 0 Å². The molecule has 0 saturated heterocycles. The number of amides is 1. The van der Waals surface area contributed by atoms with Gasteiger partial charge < -0.3 is 10.1 Å². The third-order valence-electron chi connectivity index (χ3n) is 4.62. The predicted octanol–water partition coefficient (Wildman–Crippen LogP) is 3.58. The molecule has 4 rings (SSSR count). The van der Waals surface area contributed by atoms with Gasteiger partial charge in [-0.2, -0.15) is 5.10 Å². The normalized spacial score (nSPS) is 12.6. The van der Waals surface area contributed by atoms with Gasteiger partial charge in [-0.05, 0) is 60.2 Å². The summed E-state index contributed by atoms with van der Waals surface area (Å²) in [7, 11) is 0. The number of ether oxygens (including phenoxy) is 1. The number of rotatable bonds is 6. The van der Waals surface area contributed by atoms with Gasteiger partial charge in [-0.15, -0.1) is 0 Å². The standard InChI is InChI=1S/C21H20FN3O2/c22-18-7-4-15(5-8-18)12-25-13-20(11-23-25)27-14-21(26)24-19-9-6-16-2-1-3-17(16)10-19/h4-11,13H,1-3,12,14H2,(H,24,26). The van der Waals surface area contributed by atoms with Gasteiger partial charge in [0.1, 0.15) is 5.82 Å². The van der Waals surface area contributed by atoms with Crippen LogP contribution < -0.4 is 10.1 Å². The second kappa shape index (κ2) is 7.61. The summed E-state index contributed by atoms with van der Waals surface area (Å²) < 4.78 is 20.1. The molecule has 1 N–H and O–H groups in total.